The van der Waals surface area contributed by atoms with Crippen LogP contribution in [0.5, 0.6) is 5.75 Å². The first-order valence-corrected chi connectivity index (χ1v) is 6.16. The van der Waals surface area contributed by atoms with E-state index in [4.69, 9.17) is 0 Å². The standard InChI is InChI=1S/C11H13NO3S/c1-7-2-3-9(13)8-4-5-12-6-10(11(7)8)16(14)15/h2-3,12-13H,4-6H2,1H3. The van der Waals surface area contributed by atoms with Gasteiger partial charge in [0.05, 0.1) is 4.86 Å². The van der Waals surface area contributed by atoms with E-state index in [-0.39, 0.29) is 5.75 Å². The third-order valence-corrected chi connectivity index (χ3v) is 3.56. The molecule has 86 valence electrons. The van der Waals surface area contributed by atoms with Gasteiger partial charge in [-0.05, 0) is 31.5 Å². The second-order valence-electron chi connectivity index (χ2n) is 3.84. The highest BCUT2D eigenvalue weighted by Crippen LogP contribution is 2.26. The van der Waals surface area contributed by atoms with E-state index in [1.54, 1.807) is 12.1 Å². The van der Waals surface area contributed by atoms with Crippen LogP contribution in [-0.4, -0.2) is 31.5 Å². The maximum absolute atomic E-state index is 11.2. The van der Waals surface area contributed by atoms with E-state index in [1.165, 1.54) is 0 Å². The predicted octanol–water partition coefficient (Wildman–Crippen LogP) is 0.246. The van der Waals surface area contributed by atoms with Crippen molar-refractivity contribution in [3.05, 3.63) is 28.8 Å². The third-order valence-electron chi connectivity index (χ3n) is 2.81. The Labute approximate surface area is 95.5 Å². The fourth-order valence-electron chi connectivity index (χ4n) is 2.04. The Morgan fingerprint density at radius 2 is 2.12 bits per heavy atom. The molecule has 0 amide bonds. The minimum atomic E-state index is -2.25. The Morgan fingerprint density at radius 1 is 1.38 bits per heavy atom. The molecule has 2 N–H and O–H groups in total. The number of phenolic OH excluding ortho intramolecular Hbond substituents is 1. The first-order chi connectivity index (χ1) is 7.61. The predicted molar refractivity (Wildman–Crippen MR) is 62.4 cm³/mol. The molecule has 0 unspecified atom stereocenters. The molecule has 0 aromatic heterocycles. The van der Waals surface area contributed by atoms with E-state index >= 15 is 0 Å². The summed E-state index contributed by atoms with van der Waals surface area (Å²) in [7, 11) is -2.25. The topological polar surface area (TPSA) is 66.4 Å². The average molecular weight is 239 g/mol. The number of hydrogen-bond donors (Lipinski definition) is 2. The molecule has 0 radical (unpaired) electrons. The molecule has 2 rings (SSSR count). The molecule has 0 saturated heterocycles. The first-order valence-electron chi connectivity index (χ1n) is 5.09. The van der Waals surface area contributed by atoms with Crippen molar-refractivity contribution in [3.63, 3.8) is 0 Å². The van der Waals surface area contributed by atoms with Gasteiger partial charge in [0, 0.05) is 17.7 Å². The highest BCUT2D eigenvalue weighted by molar-refractivity contribution is 7.73. The molecule has 1 heterocycles. The smallest absolute Gasteiger partial charge is 0.219 e. The number of aromatic hydroxyl groups is 1. The van der Waals surface area contributed by atoms with Crippen LogP contribution in [0.2, 0.25) is 0 Å². The molecule has 0 saturated carbocycles. The van der Waals surface area contributed by atoms with Crippen LogP contribution in [0.25, 0.3) is 0 Å². The summed E-state index contributed by atoms with van der Waals surface area (Å²) >= 11 is 0. The van der Waals surface area contributed by atoms with Crippen molar-refractivity contribution in [3.8, 4) is 5.75 Å². The largest absolute Gasteiger partial charge is 0.508 e. The minimum Gasteiger partial charge on any atom is -0.508 e. The monoisotopic (exact) mass is 239 g/mol. The van der Waals surface area contributed by atoms with Gasteiger partial charge in [-0.15, -0.1) is 0 Å². The molecule has 5 heteroatoms. The van der Waals surface area contributed by atoms with E-state index < -0.39 is 10.3 Å². The third kappa shape index (κ3) is 1.83. The lowest BCUT2D eigenvalue weighted by Crippen LogP contribution is -2.22. The molecule has 1 aromatic carbocycles. The number of phenols is 1. The van der Waals surface area contributed by atoms with Gasteiger partial charge in [0.15, 0.2) is 0 Å². The zero-order valence-corrected chi connectivity index (χ0v) is 9.76. The summed E-state index contributed by atoms with van der Waals surface area (Å²) in [5.41, 5.74) is 2.29. The Bertz CT molecular complexity index is 553. The zero-order valence-electron chi connectivity index (χ0n) is 8.95. The number of benzene rings is 1. The maximum Gasteiger partial charge on any atom is 0.219 e. The average Bonchev–Trinajstić information content (AvgIpc) is 2.46. The van der Waals surface area contributed by atoms with Crippen LogP contribution >= 0.6 is 0 Å². The second kappa shape index (κ2) is 4.27. The Balaban J connectivity index is 2.80. The lowest BCUT2D eigenvalue weighted by atomic mass is 9.97. The number of hydrogen-bond acceptors (Lipinski definition) is 4. The van der Waals surface area contributed by atoms with E-state index in [1.807, 2.05) is 6.92 Å². The van der Waals surface area contributed by atoms with E-state index in [2.05, 4.69) is 5.32 Å². The van der Waals surface area contributed by atoms with E-state index in [9.17, 15) is 13.5 Å². The summed E-state index contributed by atoms with van der Waals surface area (Å²) < 4.78 is 22.3. The highest BCUT2D eigenvalue weighted by atomic mass is 32.2. The number of nitrogens with one attached hydrogen (secondary N) is 1. The quantitative estimate of drug-likeness (QED) is 0.637. The summed E-state index contributed by atoms with van der Waals surface area (Å²) in [6.07, 6.45) is 0.642. The molecule has 0 atom stereocenters. The van der Waals surface area contributed by atoms with Crippen molar-refractivity contribution >= 4 is 15.2 Å². The van der Waals surface area contributed by atoms with Crippen LogP contribution in [0.3, 0.4) is 0 Å². The van der Waals surface area contributed by atoms with Gasteiger partial charge in [0.2, 0.25) is 10.3 Å². The van der Waals surface area contributed by atoms with Crippen LogP contribution in [0.15, 0.2) is 12.1 Å². The summed E-state index contributed by atoms with van der Waals surface area (Å²) in [6, 6.07) is 3.36. The lowest BCUT2D eigenvalue weighted by molar-refractivity contribution is 0.467. The molecule has 1 aromatic rings. The van der Waals surface area contributed by atoms with Crippen molar-refractivity contribution in [2.45, 2.75) is 13.3 Å². The van der Waals surface area contributed by atoms with Crippen molar-refractivity contribution in [2.75, 3.05) is 13.1 Å². The summed E-state index contributed by atoms with van der Waals surface area (Å²) in [5, 5.41) is 12.8. The molecule has 0 aliphatic carbocycles. The number of rotatable bonds is 0. The first kappa shape index (κ1) is 11.2. The molecule has 0 bridgehead atoms. The van der Waals surface area contributed by atoms with Crippen LogP contribution in [0.4, 0.5) is 0 Å². The lowest BCUT2D eigenvalue weighted by Gasteiger charge is -2.10. The van der Waals surface area contributed by atoms with Crippen molar-refractivity contribution < 1.29 is 13.5 Å². The van der Waals surface area contributed by atoms with Gasteiger partial charge in [-0.25, -0.2) is 0 Å². The van der Waals surface area contributed by atoms with Gasteiger partial charge in [0.1, 0.15) is 5.75 Å². The molecule has 0 spiro atoms. The molecule has 0 fully saturated rings. The van der Waals surface area contributed by atoms with E-state index in [0.717, 1.165) is 11.1 Å². The van der Waals surface area contributed by atoms with Gasteiger partial charge < -0.3 is 10.4 Å². The van der Waals surface area contributed by atoms with Crippen LogP contribution < -0.4 is 5.32 Å². The van der Waals surface area contributed by atoms with Crippen LogP contribution in [0, 0.1) is 6.92 Å². The van der Waals surface area contributed by atoms with E-state index in [0.29, 0.717) is 29.9 Å². The van der Waals surface area contributed by atoms with Crippen LogP contribution in [-0.2, 0) is 16.7 Å². The van der Waals surface area contributed by atoms with Gasteiger partial charge >= 0.3 is 0 Å². The second-order valence-corrected chi connectivity index (χ2v) is 4.80. The van der Waals surface area contributed by atoms with Gasteiger partial charge in [-0.1, -0.05) is 6.07 Å². The summed E-state index contributed by atoms with van der Waals surface area (Å²) in [4.78, 5) is 0.334. The normalized spacial score (nSPS) is 15.4. The fraction of sp³-hybridized carbons (Fsp3) is 0.364. The Kier molecular flexibility index (Phi) is 2.98. The summed E-state index contributed by atoms with van der Waals surface area (Å²) in [6.45, 7) is 2.86. The zero-order chi connectivity index (χ0) is 11.7. The van der Waals surface area contributed by atoms with Gasteiger partial charge in [-0.2, -0.15) is 8.42 Å². The summed E-state index contributed by atoms with van der Waals surface area (Å²) in [5.74, 6) is 0.173. The number of aryl methyl sites for hydroxylation is 1. The molecule has 4 nitrogen and oxygen atoms in total. The van der Waals surface area contributed by atoms with Gasteiger partial charge in [-0.3, -0.25) is 0 Å². The Hall–Kier alpha value is -1.33. The van der Waals surface area contributed by atoms with Crippen molar-refractivity contribution in [1.29, 1.82) is 0 Å². The molecule has 16 heavy (non-hydrogen) atoms. The van der Waals surface area contributed by atoms with Crippen molar-refractivity contribution in [1.82, 2.24) is 5.32 Å². The minimum absolute atomic E-state index is 0.173. The highest BCUT2D eigenvalue weighted by Gasteiger charge is 2.19. The SMILES string of the molecule is Cc1ccc(O)c2c1C(=S(=O)=O)CNCC2. The molecule has 1 aliphatic rings. The molecular formula is C11H13NO3S. The fourth-order valence-corrected chi connectivity index (χ4v) is 2.71. The van der Waals surface area contributed by atoms with Crippen LogP contribution in [0.1, 0.15) is 16.7 Å². The Morgan fingerprint density at radius 3 is 2.81 bits per heavy atom. The molecule has 1 aliphatic heterocycles. The van der Waals surface area contributed by atoms with Crippen molar-refractivity contribution in [2.24, 2.45) is 0 Å². The number of fused-ring (bicyclic) bond motifs is 1. The molecular weight excluding hydrogens is 226 g/mol. The van der Waals surface area contributed by atoms with Gasteiger partial charge in [0.25, 0.3) is 0 Å². The maximum atomic E-state index is 11.2.